The van der Waals surface area contributed by atoms with Crippen molar-refractivity contribution in [2.45, 2.75) is 24.5 Å². The fraction of sp³-hybridized carbons (Fsp3) is 0.238. The minimum Gasteiger partial charge on any atom is -0.465 e. The number of anilines is 1. The number of ether oxygens (including phenoxy) is 3. The highest BCUT2D eigenvalue weighted by molar-refractivity contribution is 7.90. The Morgan fingerprint density at radius 2 is 1.84 bits per heavy atom. The Morgan fingerprint density at radius 3 is 2.42 bits per heavy atom. The number of sulfone groups is 1. The van der Waals surface area contributed by atoms with Crippen molar-refractivity contribution in [3.63, 3.8) is 0 Å². The molecule has 10 heteroatoms. The second-order valence-corrected chi connectivity index (χ2v) is 9.43. The summed E-state index contributed by atoms with van der Waals surface area (Å²) in [5, 5.41) is 4.95. The minimum atomic E-state index is -3.31. The molecule has 1 atom stereocenters. The molecule has 1 amide bonds. The van der Waals surface area contributed by atoms with E-state index in [2.05, 4.69) is 10.3 Å². The normalized spacial score (nSPS) is 12.2. The maximum atomic E-state index is 12.7. The molecule has 2 aromatic carbocycles. The van der Waals surface area contributed by atoms with Gasteiger partial charge in [0.15, 0.2) is 21.3 Å². The lowest BCUT2D eigenvalue weighted by Crippen LogP contribution is -2.18. The van der Waals surface area contributed by atoms with Crippen LogP contribution in [0.5, 0.6) is 17.2 Å². The van der Waals surface area contributed by atoms with Gasteiger partial charge >= 0.3 is 0 Å². The van der Waals surface area contributed by atoms with E-state index in [9.17, 15) is 13.2 Å². The van der Waals surface area contributed by atoms with Gasteiger partial charge in [-0.2, -0.15) is 0 Å². The summed E-state index contributed by atoms with van der Waals surface area (Å²) in [4.78, 5) is 16.9. The van der Waals surface area contributed by atoms with E-state index < -0.39 is 16.1 Å². The molecule has 31 heavy (non-hydrogen) atoms. The smallest absolute Gasteiger partial charge is 0.257 e. The maximum absolute atomic E-state index is 12.7. The van der Waals surface area contributed by atoms with Gasteiger partial charge in [0.1, 0.15) is 17.2 Å². The molecule has 0 radical (unpaired) electrons. The Labute approximate surface area is 184 Å². The van der Waals surface area contributed by atoms with Crippen LogP contribution in [0, 0.1) is 0 Å². The van der Waals surface area contributed by atoms with Crippen LogP contribution in [0.1, 0.15) is 23.7 Å². The lowest BCUT2D eigenvalue weighted by molar-refractivity contribution is -0.0549. The zero-order valence-corrected chi connectivity index (χ0v) is 18.8. The average Bonchev–Trinajstić information content (AvgIpc) is 3.24. The molecule has 0 bridgehead atoms. The molecule has 0 saturated heterocycles. The van der Waals surface area contributed by atoms with Gasteiger partial charge in [-0.3, -0.25) is 10.1 Å². The van der Waals surface area contributed by atoms with Gasteiger partial charge in [0.25, 0.3) is 5.91 Å². The van der Waals surface area contributed by atoms with Gasteiger partial charge in [0.2, 0.25) is 0 Å². The number of nitrogens with zero attached hydrogens (tertiary/aromatic N) is 1. The molecule has 0 spiro atoms. The monoisotopic (exact) mass is 462 g/mol. The van der Waals surface area contributed by atoms with E-state index in [4.69, 9.17) is 14.2 Å². The highest BCUT2D eigenvalue weighted by Gasteiger charge is 2.15. The van der Waals surface area contributed by atoms with Crippen LogP contribution in [0.25, 0.3) is 0 Å². The molecule has 3 rings (SSSR count). The van der Waals surface area contributed by atoms with Gasteiger partial charge in [-0.25, -0.2) is 13.4 Å². The van der Waals surface area contributed by atoms with Crippen molar-refractivity contribution >= 4 is 32.2 Å². The Hall–Kier alpha value is -2.95. The minimum absolute atomic E-state index is 0.186. The molecular formula is C21H22N2O6S2. The molecule has 1 unspecified atom stereocenters. The Bertz CT molecular complexity index is 1130. The van der Waals surface area contributed by atoms with E-state index in [-0.39, 0.29) is 10.8 Å². The first-order valence-corrected chi connectivity index (χ1v) is 12.1. The summed E-state index contributed by atoms with van der Waals surface area (Å²) in [6, 6.07) is 10.8. The second-order valence-electron chi connectivity index (χ2n) is 6.52. The van der Waals surface area contributed by atoms with Crippen molar-refractivity contribution in [2.24, 2.45) is 0 Å². The molecule has 8 nitrogen and oxygen atoms in total. The van der Waals surface area contributed by atoms with Gasteiger partial charge in [-0.15, -0.1) is 11.3 Å². The van der Waals surface area contributed by atoms with Crippen LogP contribution < -0.4 is 14.8 Å². The Morgan fingerprint density at radius 1 is 1.13 bits per heavy atom. The lowest BCUT2D eigenvalue weighted by atomic mass is 10.2. The lowest BCUT2D eigenvalue weighted by Gasteiger charge is -2.17. The van der Waals surface area contributed by atoms with Crippen molar-refractivity contribution in [1.82, 2.24) is 4.98 Å². The number of carbonyl (C=O) groups is 1. The van der Waals surface area contributed by atoms with Gasteiger partial charge in [0, 0.05) is 43.0 Å². The molecule has 0 aliphatic carbocycles. The summed E-state index contributed by atoms with van der Waals surface area (Å²) in [5.41, 5.74) is 0.307. The summed E-state index contributed by atoms with van der Waals surface area (Å²) in [5.74, 6) is 0.779. The molecule has 0 fully saturated rings. The highest BCUT2D eigenvalue weighted by Crippen LogP contribution is 2.29. The van der Waals surface area contributed by atoms with Crippen LogP contribution in [0.2, 0.25) is 0 Å². The number of rotatable bonds is 9. The zero-order valence-electron chi connectivity index (χ0n) is 17.2. The molecule has 1 heterocycles. The van der Waals surface area contributed by atoms with Crippen molar-refractivity contribution < 1.29 is 27.4 Å². The molecule has 0 aliphatic rings. The van der Waals surface area contributed by atoms with Crippen LogP contribution in [-0.2, 0) is 14.6 Å². The SMILES string of the molecule is CCC(OC)Oc1cc(Oc2ccc(S(C)(=O)=O)cc2)cc(C(=O)Nc2nccs2)c1. The maximum Gasteiger partial charge on any atom is 0.257 e. The van der Waals surface area contributed by atoms with Gasteiger partial charge < -0.3 is 14.2 Å². The first kappa shape index (κ1) is 22.7. The average molecular weight is 463 g/mol. The van der Waals surface area contributed by atoms with E-state index in [0.717, 1.165) is 6.26 Å². The number of aromatic nitrogens is 1. The van der Waals surface area contributed by atoms with E-state index in [1.807, 2.05) is 6.92 Å². The molecule has 3 aromatic rings. The number of thiazole rings is 1. The van der Waals surface area contributed by atoms with Gasteiger partial charge in [0.05, 0.1) is 4.90 Å². The van der Waals surface area contributed by atoms with Gasteiger partial charge in [-0.1, -0.05) is 6.92 Å². The largest absolute Gasteiger partial charge is 0.465 e. The second kappa shape index (κ2) is 9.90. The van der Waals surface area contributed by atoms with Gasteiger partial charge in [-0.05, 0) is 36.4 Å². The van der Waals surface area contributed by atoms with Crippen molar-refractivity contribution in [3.05, 3.63) is 59.6 Å². The number of carbonyl (C=O) groups excluding carboxylic acids is 1. The zero-order chi connectivity index (χ0) is 22.4. The topological polar surface area (TPSA) is 104 Å². The summed E-state index contributed by atoms with van der Waals surface area (Å²) < 4.78 is 40.2. The molecule has 1 aromatic heterocycles. The summed E-state index contributed by atoms with van der Waals surface area (Å²) in [6.07, 6.45) is 2.85. The number of hydrogen-bond donors (Lipinski definition) is 1. The fourth-order valence-electron chi connectivity index (χ4n) is 2.63. The first-order chi connectivity index (χ1) is 14.8. The molecule has 1 N–H and O–H groups in total. The van der Waals surface area contributed by atoms with Crippen molar-refractivity contribution in [2.75, 3.05) is 18.7 Å². The predicted octanol–water partition coefficient (Wildman–Crippen LogP) is 4.35. The molecule has 0 saturated carbocycles. The number of nitrogens with one attached hydrogen (secondary N) is 1. The van der Waals surface area contributed by atoms with Crippen molar-refractivity contribution in [3.8, 4) is 17.2 Å². The summed E-state index contributed by atoms with van der Waals surface area (Å²) >= 11 is 1.30. The standard InChI is InChI=1S/C21H22N2O6S2/c1-4-19(27-2)29-17-12-14(20(24)23-21-22-9-10-30-21)11-16(13-17)28-15-5-7-18(8-6-15)31(3,25)26/h5-13,19H,4H2,1-3H3,(H,22,23,24). The highest BCUT2D eigenvalue weighted by atomic mass is 32.2. The Balaban J connectivity index is 1.89. The van der Waals surface area contributed by atoms with E-state index in [0.29, 0.717) is 34.4 Å². The Kier molecular flexibility index (Phi) is 7.26. The van der Waals surface area contributed by atoms with E-state index >= 15 is 0 Å². The van der Waals surface area contributed by atoms with Crippen LogP contribution in [0.15, 0.2) is 58.9 Å². The quantitative estimate of drug-likeness (QED) is 0.471. The molecular weight excluding hydrogens is 440 g/mol. The fourth-order valence-corrected chi connectivity index (χ4v) is 3.78. The summed E-state index contributed by atoms with van der Waals surface area (Å²) in [7, 11) is -1.77. The van der Waals surface area contributed by atoms with Crippen LogP contribution in [0.4, 0.5) is 5.13 Å². The number of methoxy groups -OCH3 is 1. The van der Waals surface area contributed by atoms with Crippen LogP contribution in [0.3, 0.4) is 0 Å². The molecule has 0 aliphatic heterocycles. The van der Waals surface area contributed by atoms with Crippen molar-refractivity contribution in [1.29, 1.82) is 0 Å². The number of amides is 1. The first-order valence-electron chi connectivity index (χ1n) is 9.32. The summed E-state index contributed by atoms with van der Waals surface area (Å²) in [6.45, 7) is 1.91. The van der Waals surface area contributed by atoms with E-state index in [1.54, 1.807) is 41.9 Å². The van der Waals surface area contributed by atoms with E-state index in [1.165, 1.54) is 30.6 Å². The molecule has 164 valence electrons. The van der Waals surface area contributed by atoms with Crippen LogP contribution in [-0.4, -0.2) is 39.0 Å². The predicted molar refractivity (Wildman–Crippen MR) is 118 cm³/mol. The third-order valence-electron chi connectivity index (χ3n) is 4.15. The van der Waals surface area contributed by atoms with Crippen LogP contribution >= 0.6 is 11.3 Å². The number of benzene rings is 2. The number of hydrogen-bond acceptors (Lipinski definition) is 8. The third kappa shape index (κ3) is 6.27. The third-order valence-corrected chi connectivity index (χ3v) is 5.96.